The number of rotatable bonds is 6. The summed E-state index contributed by atoms with van der Waals surface area (Å²) in [6.45, 7) is 3.17. The highest BCUT2D eigenvalue weighted by Crippen LogP contribution is 2.09. The molecule has 18 heavy (non-hydrogen) atoms. The lowest BCUT2D eigenvalue weighted by molar-refractivity contribution is -0.133. The van der Waals surface area contributed by atoms with Crippen LogP contribution < -0.4 is 0 Å². The summed E-state index contributed by atoms with van der Waals surface area (Å²) >= 11 is 0. The lowest BCUT2D eigenvalue weighted by Crippen LogP contribution is -2.34. The molecule has 0 aromatic rings. The van der Waals surface area contributed by atoms with Gasteiger partial charge in [-0.3, -0.25) is 4.79 Å². The first kappa shape index (κ1) is 15.7. The lowest BCUT2D eigenvalue weighted by atomic mass is 10.1. The molecule has 96 valence electrons. The molecule has 0 saturated heterocycles. The van der Waals surface area contributed by atoms with Crippen molar-refractivity contribution in [3.63, 3.8) is 0 Å². The van der Waals surface area contributed by atoms with E-state index in [2.05, 4.69) is 0 Å². The third kappa shape index (κ3) is 4.67. The molecular weight excluding hydrogens is 234 g/mol. The summed E-state index contributed by atoms with van der Waals surface area (Å²) in [6.07, 6.45) is 0.299. The van der Waals surface area contributed by atoms with Gasteiger partial charge < -0.3 is 10.0 Å². The molecule has 0 bridgehead atoms. The van der Waals surface area contributed by atoms with Crippen molar-refractivity contribution in [2.45, 2.75) is 26.7 Å². The van der Waals surface area contributed by atoms with Crippen LogP contribution in [-0.4, -0.2) is 35.0 Å². The fraction of sp³-hybridized carbons (Fsp3) is 0.500. The summed E-state index contributed by atoms with van der Waals surface area (Å²) in [7, 11) is 0. The van der Waals surface area contributed by atoms with Crippen LogP contribution in [0.4, 0.5) is 0 Å². The van der Waals surface area contributed by atoms with Gasteiger partial charge in [-0.05, 0) is 13.8 Å². The molecule has 0 aromatic heterocycles. The van der Waals surface area contributed by atoms with Crippen molar-refractivity contribution in [2.24, 2.45) is 0 Å². The second kappa shape index (κ2) is 7.86. The minimum Gasteiger partial charge on any atom is -0.478 e. The fourth-order valence-corrected chi connectivity index (χ4v) is 1.24. The minimum atomic E-state index is -1.15. The molecule has 0 atom stereocenters. The van der Waals surface area contributed by atoms with E-state index in [1.165, 1.54) is 18.7 Å². The molecule has 0 saturated carbocycles. The van der Waals surface area contributed by atoms with Gasteiger partial charge in [0.15, 0.2) is 0 Å². The third-order valence-electron chi connectivity index (χ3n) is 2.48. The number of nitrogens with zero attached hydrogens (tertiary/aromatic N) is 3. The molecule has 0 aliphatic heterocycles. The Morgan fingerprint density at radius 1 is 1.06 bits per heavy atom. The van der Waals surface area contributed by atoms with Crippen LogP contribution in [0.1, 0.15) is 26.7 Å². The van der Waals surface area contributed by atoms with Crippen molar-refractivity contribution >= 4 is 11.9 Å². The zero-order valence-electron chi connectivity index (χ0n) is 10.4. The zero-order valence-corrected chi connectivity index (χ0v) is 10.4. The van der Waals surface area contributed by atoms with Gasteiger partial charge in [-0.15, -0.1) is 0 Å². The molecule has 1 amide bonds. The van der Waals surface area contributed by atoms with E-state index in [1.807, 2.05) is 12.1 Å². The second-order valence-corrected chi connectivity index (χ2v) is 3.66. The van der Waals surface area contributed by atoms with E-state index < -0.39 is 11.9 Å². The highest BCUT2D eigenvalue weighted by atomic mass is 16.4. The third-order valence-corrected chi connectivity index (χ3v) is 2.48. The van der Waals surface area contributed by atoms with Gasteiger partial charge >= 0.3 is 5.97 Å². The Bertz CT molecular complexity index is 422. The van der Waals surface area contributed by atoms with Crippen LogP contribution in [0.25, 0.3) is 0 Å². The summed E-state index contributed by atoms with van der Waals surface area (Å²) in [5.41, 5.74) is 0.0947. The molecular formula is C12H15N3O3. The molecule has 0 heterocycles. The van der Waals surface area contributed by atoms with E-state index in [0.29, 0.717) is 0 Å². The number of hydrogen-bond donors (Lipinski definition) is 1. The Balaban J connectivity index is 4.96. The number of nitriles is 2. The van der Waals surface area contributed by atoms with Crippen LogP contribution in [0.2, 0.25) is 0 Å². The van der Waals surface area contributed by atoms with E-state index >= 15 is 0 Å². The van der Waals surface area contributed by atoms with E-state index in [9.17, 15) is 9.59 Å². The largest absolute Gasteiger partial charge is 0.478 e. The molecule has 0 spiro atoms. The normalized spacial score (nSPS) is 10.9. The van der Waals surface area contributed by atoms with Crippen LogP contribution in [0, 0.1) is 22.7 Å². The van der Waals surface area contributed by atoms with E-state index in [-0.39, 0.29) is 37.1 Å². The predicted octanol–water partition coefficient (Wildman–Crippen LogP) is 1.06. The highest BCUT2D eigenvalue weighted by Gasteiger charge is 2.18. The number of amides is 1. The standard InChI is InChI=1S/C12H15N3O3/c1-9(10(2)12(17)18)11(16)15(7-3-5-13)8-4-6-14/h3-4,7-8H2,1-2H3,(H,17,18). The fourth-order valence-electron chi connectivity index (χ4n) is 1.24. The van der Waals surface area contributed by atoms with Gasteiger partial charge in [-0.1, -0.05) is 0 Å². The average molecular weight is 249 g/mol. The molecule has 0 aliphatic carbocycles. The first-order valence-corrected chi connectivity index (χ1v) is 5.39. The maximum atomic E-state index is 12.0. The summed E-state index contributed by atoms with van der Waals surface area (Å²) in [5.74, 6) is -1.60. The molecule has 0 rings (SSSR count). The van der Waals surface area contributed by atoms with Gasteiger partial charge in [0.2, 0.25) is 5.91 Å². The van der Waals surface area contributed by atoms with Gasteiger partial charge in [0.25, 0.3) is 0 Å². The maximum absolute atomic E-state index is 12.0. The summed E-state index contributed by atoms with van der Waals surface area (Å²) in [6, 6.07) is 3.82. The van der Waals surface area contributed by atoms with Crippen molar-refractivity contribution in [2.75, 3.05) is 13.1 Å². The van der Waals surface area contributed by atoms with Crippen molar-refractivity contribution < 1.29 is 14.7 Å². The second-order valence-electron chi connectivity index (χ2n) is 3.66. The first-order chi connectivity index (χ1) is 8.45. The predicted molar refractivity (Wildman–Crippen MR) is 63.0 cm³/mol. The number of carbonyl (C=O) groups excluding carboxylic acids is 1. The number of aliphatic carboxylic acids is 1. The maximum Gasteiger partial charge on any atom is 0.331 e. The van der Waals surface area contributed by atoms with Crippen LogP contribution >= 0.6 is 0 Å². The quantitative estimate of drug-likeness (QED) is 0.708. The van der Waals surface area contributed by atoms with Gasteiger partial charge in [-0.2, -0.15) is 10.5 Å². The Morgan fingerprint density at radius 3 is 1.83 bits per heavy atom. The van der Waals surface area contributed by atoms with Crippen LogP contribution in [0.15, 0.2) is 11.1 Å². The van der Waals surface area contributed by atoms with Crippen molar-refractivity contribution in [3.05, 3.63) is 11.1 Å². The first-order valence-electron chi connectivity index (χ1n) is 5.39. The van der Waals surface area contributed by atoms with Crippen molar-refractivity contribution in [3.8, 4) is 12.1 Å². The van der Waals surface area contributed by atoms with E-state index in [0.717, 1.165) is 0 Å². The van der Waals surface area contributed by atoms with Crippen molar-refractivity contribution in [1.29, 1.82) is 10.5 Å². The number of carbonyl (C=O) groups is 2. The average Bonchev–Trinajstić information content (AvgIpc) is 2.36. The Kier molecular flexibility index (Phi) is 6.83. The molecule has 1 N–H and O–H groups in total. The monoisotopic (exact) mass is 249 g/mol. The number of hydrogen-bond acceptors (Lipinski definition) is 4. The molecule has 0 aliphatic rings. The number of carboxylic acid groups (broad SMARTS) is 1. The van der Waals surface area contributed by atoms with Gasteiger partial charge in [0.05, 0.1) is 25.0 Å². The molecule has 0 radical (unpaired) electrons. The SMILES string of the molecule is CC(C(=O)O)=C(C)C(=O)N(CCC#N)CCC#N. The highest BCUT2D eigenvalue weighted by molar-refractivity contribution is 6.01. The summed E-state index contributed by atoms with van der Waals surface area (Å²) in [4.78, 5) is 24.1. The zero-order chi connectivity index (χ0) is 14.1. The van der Waals surface area contributed by atoms with Gasteiger partial charge in [0, 0.05) is 24.2 Å². The van der Waals surface area contributed by atoms with Crippen LogP contribution in [-0.2, 0) is 9.59 Å². The molecule has 0 unspecified atom stereocenters. The Hall–Kier alpha value is -2.34. The van der Waals surface area contributed by atoms with Crippen LogP contribution in [0.3, 0.4) is 0 Å². The summed E-state index contributed by atoms with van der Waals surface area (Å²) in [5, 5.41) is 25.8. The molecule has 0 fully saturated rings. The van der Waals surface area contributed by atoms with Crippen LogP contribution in [0.5, 0.6) is 0 Å². The van der Waals surface area contributed by atoms with E-state index in [4.69, 9.17) is 15.6 Å². The number of carboxylic acids is 1. The summed E-state index contributed by atoms with van der Waals surface area (Å²) < 4.78 is 0. The Labute approximate surface area is 106 Å². The Morgan fingerprint density at radius 2 is 1.50 bits per heavy atom. The lowest BCUT2D eigenvalue weighted by Gasteiger charge is -2.21. The van der Waals surface area contributed by atoms with E-state index in [1.54, 1.807) is 0 Å². The molecule has 0 aromatic carbocycles. The molecule has 6 heteroatoms. The topological polar surface area (TPSA) is 105 Å². The minimum absolute atomic E-state index is 0.0288. The molecule has 6 nitrogen and oxygen atoms in total. The van der Waals surface area contributed by atoms with Gasteiger partial charge in [0.1, 0.15) is 0 Å². The van der Waals surface area contributed by atoms with Crippen molar-refractivity contribution in [1.82, 2.24) is 4.90 Å². The smallest absolute Gasteiger partial charge is 0.331 e. The van der Waals surface area contributed by atoms with Gasteiger partial charge in [-0.25, -0.2) is 4.79 Å².